The molecule has 1 aliphatic rings. The van der Waals surface area contributed by atoms with Gasteiger partial charge in [-0.3, -0.25) is 4.79 Å². The molecule has 0 saturated carbocycles. The van der Waals surface area contributed by atoms with Crippen molar-refractivity contribution in [3.63, 3.8) is 0 Å². The molecular weight excluding hydrogens is 206 g/mol. The van der Waals surface area contributed by atoms with Gasteiger partial charge < -0.3 is 15.1 Å². The van der Waals surface area contributed by atoms with Gasteiger partial charge in [0.1, 0.15) is 0 Å². The van der Waals surface area contributed by atoms with Gasteiger partial charge in [0.05, 0.1) is 0 Å². The smallest absolute Gasteiger partial charge is 0.303 e. The molecule has 1 saturated heterocycles. The molecule has 1 aliphatic heterocycles. The summed E-state index contributed by atoms with van der Waals surface area (Å²) in [6, 6.07) is 0.345. The Hall–Kier alpha value is -0.610. The number of aliphatic hydroxyl groups is 1. The largest absolute Gasteiger partial charge is 0.481 e. The maximum absolute atomic E-state index is 10.5. The maximum Gasteiger partial charge on any atom is 0.303 e. The molecule has 0 aromatic heterocycles. The Bertz CT molecular complexity index is 218. The third-order valence-corrected chi connectivity index (χ3v) is 3.49. The highest BCUT2D eigenvalue weighted by molar-refractivity contribution is 5.66. The minimum atomic E-state index is -0.712. The van der Waals surface area contributed by atoms with E-state index in [0.717, 1.165) is 25.9 Å². The number of aliphatic hydroxyl groups excluding tert-OH is 1. The molecule has 0 radical (unpaired) electrons. The highest BCUT2D eigenvalue weighted by atomic mass is 16.4. The molecule has 16 heavy (non-hydrogen) atoms. The summed E-state index contributed by atoms with van der Waals surface area (Å²) < 4.78 is 0. The van der Waals surface area contributed by atoms with E-state index in [4.69, 9.17) is 10.2 Å². The number of carboxylic acids is 1. The fourth-order valence-electron chi connectivity index (χ4n) is 2.43. The van der Waals surface area contributed by atoms with E-state index in [2.05, 4.69) is 11.8 Å². The Morgan fingerprint density at radius 1 is 1.56 bits per heavy atom. The molecule has 1 heterocycles. The van der Waals surface area contributed by atoms with Crippen molar-refractivity contribution in [2.45, 2.75) is 45.1 Å². The first kappa shape index (κ1) is 13.5. The standard InChI is InChI=1S/C12H23NO3/c1-10(4-5-12(15)16)13-7-2-3-11(9-13)6-8-14/h10-11,14H,2-9H2,1H3,(H,15,16). The van der Waals surface area contributed by atoms with Gasteiger partial charge in [-0.05, 0) is 45.1 Å². The molecule has 2 unspecified atom stereocenters. The number of nitrogens with zero attached hydrogens (tertiary/aromatic N) is 1. The van der Waals surface area contributed by atoms with E-state index in [1.807, 2.05) is 0 Å². The van der Waals surface area contributed by atoms with Gasteiger partial charge in [0.25, 0.3) is 0 Å². The lowest BCUT2D eigenvalue weighted by atomic mass is 9.93. The lowest BCUT2D eigenvalue weighted by Crippen LogP contribution is -2.41. The molecule has 0 aromatic rings. The fraction of sp³-hybridized carbons (Fsp3) is 0.917. The predicted molar refractivity (Wildman–Crippen MR) is 62.3 cm³/mol. The van der Waals surface area contributed by atoms with Crippen molar-refractivity contribution in [2.24, 2.45) is 5.92 Å². The zero-order valence-electron chi connectivity index (χ0n) is 10.1. The highest BCUT2D eigenvalue weighted by Crippen LogP contribution is 2.22. The van der Waals surface area contributed by atoms with E-state index < -0.39 is 5.97 Å². The van der Waals surface area contributed by atoms with Crippen molar-refractivity contribution in [1.82, 2.24) is 4.90 Å². The normalized spacial score (nSPS) is 24.2. The summed E-state index contributed by atoms with van der Waals surface area (Å²) in [4.78, 5) is 12.9. The molecule has 1 rings (SSSR count). The zero-order valence-corrected chi connectivity index (χ0v) is 10.1. The minimum Gasteiger partial charge on any atom is -0.481 e. The first-order valence-corrected chi connectivity index (χ1v) is 6.20. The SMILES string of the molecule is CC(CCC(=O)O)N1CCCC(CCO)C1. The molecule has 0 bridgehead atoms. The van der Waals surface area contributed by atoms with Gasteiger partial charge in [-0.25, -0.2) is 0 Å². The molecule has 2 N–H and O–H groups in total. The zero-order chi connectivity index (χ0) is 12.0. The second-order valence-corrected chi connectivity index (χ2v) is 4.80. The Balaban J connectivity index is 2.31. The number of likely N-dealkylation sites (tertiary alicyclic amines) is 1. The van der Waals surface area contributed by atoms with Crippen molar-refractivity contribution >= 4 is 5.97 Å². The first-order valence-electron chi connectivity index (χ1n) is 6.20. The van der Waals surface area contributed by atoms with Gasteiger partial charge in [0, 0.05) is 25.6 Å². The average Bonchev–Trinajstić information content (AvgIpc) is 2.26. The average molecular weight is 229 g/mol. The monoisotopic (exact) mass is 229 g/mol. The highest BCUT2D eigenvalue weighted by Gasteiger charge is 2.23. The summed E-state index contributed by atoms with van der Waals surface area (Å²) in [6.07, 6.45) is 4.22. The van der Waals surface area contributed by atoms with E-state index in [0.29, 0.717) is 12.0 Å². The van der Waals surface area contributed by atoms with E-state index in [-0.39, 0.29) is 13.0 Å². The summed E-state index contributed by atoms with van der Waals surface area (Å²) in [5.74, 6) is -0.123. The van der Waals surface area contributed by atoms with E-state index >= 15 is 0 Å². The molecule has 0 aromatic carbocycles. The van der Waals surface area contributed by atoms with Crippen LogP contribution >= 0.6 is 0 Å². The van der Waals surface area contributed by atoms with Crippen LogP contribution in [0.2, 0.25) is 0 Å². The summed E-state index contributed by atoms with van der Waals surface area (Å²) >= 11 is 0. The van der Waals surface area contributed by atoms with Crippen LogP contribution in [0.1, 0.15) is 39.0 Å². The summed E-state index contributed by atoms with van der Waals surface area (Å²) in [5.41, 5.74) is 0. The third-order valence-electron chi connectivity index (χ3n) is 3.49. The van der Waals surface area contributed by atoms with Gasteiger partial charge in [0.15, 0.2) is 0 Å². The summed E-state index contributed by atoms with van der Waals surface area (Å²) in [6.45, 7) is 4.45. The van der Waals surface area contributed by atoms with E-state index in [1.54, 1.807) is 0 Å². The number of aliphatic carboxylic acids is 1. The van der Waals surface area contributed by atoms with Crippen LogP contribution in [0.25, 0.3) is 0 Å². The third kappa shape index (κ3) is 4.49. The first-order chi connectivity index (χ1) is 7.63. The molecule has 4 nitrogen and oxygen atoms in total. The van der Waals surface area contributed by atoms with Crippen LogP contribution in [-0.4, -0.2) is 46.8 Å². The molecule has 0 spiro atoms. The van der Waals surface area contributed by atoms with Crippen LogP contribution in [0, 0.1) is 5.92 Å². The molecule has 1 fully saturated rings. The van der Waals surface area contributed by atoms with E-state index in [9.17, 15) is 4.79 Å². The van der Waals surface area contributed by atoms with Gasteiger partial charge in [-0.1, -0.05) is 0 Å². The Morgan fingerprint density at radius 3 is 2.94 bits per heavy atom. The van der Waals surface area contributed by atoms with Gasteiger partial charge >= 0.3 is 5.97 Å². The number of rotatable bonds is 6. The van der Waals surface area contributed by atoms with Crippen molar-refractivity contribution in [2.75, 3.05) is 19.7 Å². The van der Waals surface area contributed by atoms with Gasteiger partial charge in [-0.2, -0.15) is 0 Å². The second-order valence-electron chi connectivity index (χ2n) is 4.80. The molecule has 2 atom stereocenters. The van der Waals surface area contributed by atoms with Gasteiger partial charge in [-0.15, -0.1) is 0 Å². The molecule has 0 amide bonds. The van der Waals surface area contributed by atoms with Crippen LogP contribution in [-0.2, 0) is 4.79 Å². The Labute approximate surface area is 97.3 Å². The van der Waals surface area contributed by atoms with Crippen LogP contribution in [0.3, 0.4) is 0 Å². The van der Waals surface area contributed by atoms with Crippen molar-refractivity contribution < 1.29 is 15.0 Å². The number of hydrogen-bond donors (Lipinski definition) is 2. The summed E-state index contributed by atoms with van der Waals surface area (Å²) in [5, 5.41) is 17.6. The van der Waals surface area contributed by atoms with Crippen LogP contribution in [0.5, 0.6) is 0 Å². The second kappa shape index (κ2) is 6.86. The number of carbonyl (C=O) groups is 1. The van der Waals surface area contributed by atoms with Crippen LogP contribution in [0.4, 0.5) is 0 Å². The minimum absolute atomic E-state index is 0.252. The molecular formula is C12H23NO3. The summed E-state index contributed by atoms with van der Waals surface area (Å²) in [7, 11) is 0. The van der Waals surface area contributed by atoms with Crippen molar-refractivity contribution in [3.8, 4) is 0 Å². The Kier molecular flexibility index (Phi) is 5.77. The number of hydrogen-bond acceptors (Lipinski definition) is 3. The van der Waals surface area contributed by atoms with Crippen molar-refractivity contribution in [1.29, 1.82) is 0 Å². The lowest BCUT2D eigenvalue weighted by molar-refractivity contribution is -0.137. The maximum atomic E-state index is 10.5. The quantitative estimate of drug-likeness (QED) is 0.721. The molecule has 0 aliphatic carbocycles. The van der Waals surface area contributed by atoms with E-state index in [1.165, 1.54) is 12.8 Å². The van der Waals surface area contributed by atoms with Crippen LogP contribution in [0.15, 0.2) is 0 Å². The molecule has 94 valence electrons. The lowest BCUT2D eigenvalue weighted by Gasteiger charge is -2.36. The van der Waals surface area contributed by atoms with Crippen molar-refractivity contribution in [3.05, 3.63) is 0 Å². The molecule has 4 heteroatoms. The number of piperidine rings is 1. The predicted octanol–water partition coefficient (Wildman–Crippen LogP) is 1.33. The van der Waals surface area contributed by atoms with Crippen LogP contribution < -0.4 is 0 Å². The number of carboxylic acid groups (broad SMARTS) is 1. The topological polar surface area (TPSA) is 60.8 Å². The Morgan fingerprint density at radius 2 is 2.31 bits per heavy atom. The fourth-order valence-corrected chi connectivity index (χ4v) is 2.43. The van der Waals surface area contributed by atoms with Gasteiger partial charge in [0.2, 0.25) is 0 Å².